The average molecular weight is 369 g/mol. The molecule has 0 spiro atoms. The van der Waals surface area contributed by atoms with E-state index in [-0.39, 0.29) is 12.1 Å². The second kappa shape index (κ2) is 9.67. The molecule has 2 unspecified atom stereocenters. The third-order valence-electron chi connectivity index (χ3n) is 3.97. The molecule has 2 rings (SSSR count). The number of thioether (sulfide) groups is 1. The second-order valence-electron chi connectivity index (χ2n) is 6.00. The molecule has 0 bridgehead atoms. The Hall–Kier alpha value is -1.74. The van der Waals surface area contributed by atoms with E-state index in [1.165, 1.54) is 4.57 Å². The number of ether oxygens (including phenoxy) is 1. The molecule has 0 aliphatic carbocycles. The highest BCUT2D eigenvalue weighted by Crippen LogP contribution is 2.25. The molecule has 1 aromatic rings. The second-order valence-corrected chi connectivity index (χ2v) is 7.48. The van der Waals surface area contributed by atoms with E-state index < -0.39 is 5.69 Å². The number of hydrogen-bond donors (Lipinski definition) is 3. The Morgan fingerprint density at radius 2 is 2.32 bits per heavy atom. The summed E-state index contributed by atoms with van der Waals surface area (Å²) in [5.41, 5.74) is -0.322. The Morgan fingerprint density at radius 3 is 2.96 bits per heavy atom. The first-order valence-electron chi connectivity index (χ1n) is 8.51. The van der Waals surface area contributed by atoms with Gasteiger partial charge in [-0.1, -0.05) is 6.92 Å². The summed E-state index contributed by atoms with van der Waals surface area (Å²) in [4.78, 5) is 30.4. The van der Waals surface area contributed by atoms with Crippen molar-refractivity contribution in [3.05, 3.63) is 32.6 Å². The lowest BCUT2D eigenvalue weighted by Gasteiger charge is -2.17. The van der Waals surface area contributed by atoms with Gasteiger partial charge in [0.25, 0.3) is 5.56 Å². The SMILES string of the molecule is CCn1cc(CN=C(NCCOC)NC2CSC(C)C2)c(=O)[nH]c1=O. The summed E-state index contributed by atoms with van der Waals surface area (Å²) in [6.45, 7) is 5.97. The standard InChI is InChI=1S/C16H27N5O3S/c1-4-21-9-12(14(22)20-16(21)23)8-18-15(17-5-6-24-3)19-13-7-11(2)25-10-13/h9,11,13H,4-8,10H2,1-3H3,(H2,17,18,19)(H,20,22,23). The van der Waals surface area contributed by atoms with Crippen molar-refractivity contribution in [3.63, 3.8) is 0 Å². The Morgan fingerprint density at radius 1 is 1.52 bits per heavy atom. The maximum atomic E-state index is 12.0. The number of nitrogens with zero attached hydrogens (tertiary/aromatic N) is 2. The van der Waals surface area contributed by atoms with Crippen molar-refractivity contribution >= 4 is 17.7 Å². The summed E-state index contributed by atoms with van der Waals surface area (Å²) in [5, 5.41) is 7.27. The van der Waals surface area contributed by atoms with Crippen molar-refractivity contribution in [1.29, 1.82) is 0 Å². The van der Waals surface area contributed by atoms with Crippen LogP contribution in [0.1, 0.15) is 25.8 Å². The van der Waals surface area contributed by atoms with E-state index in [1.54, 1.807) is 13.3 Å². The molecule has 1 fully saturated rings. The first-order chi connectivity index (χ1) is 12.0. The monoisotopic (exact) mass is 369 g/mol. The van der Waals surface area contributed by atoms with E-state index in [0.717, 1.165) is 12.2 Å². The molecule has 0 amide bonds. The van der Waals surface area contributed by atoms with E-state index >= 15 is 0 Å². The number of rotatable bonds is 7. The number of aryl methyl sites for hydroxylation is 1. The van der Waals surface area contributed by atoms with Crippen molar-refractivity contribution in [2.45, 2.75) is 44.6 Å². The Bertz CT molecular complexity index is 700. The molecule has 1 aliphatic rings. The first-order valence-corrected chi connectivity index (χ1v) is 9.56. The van der Waals surface area contributed by atoms with Gasteiger partial charge in [-0.25, -0.2) is 9.79 Å². The van der Waals surface area contributed by atoms with Crippen LogP contribution < -0.4 is 21.9 Å². The van der Waals surface area contributed by atoms with Crippen LogP contribution in [0, 0.1) is 0 Å². The van der Waals surface area contributed by atoms with Crippen molar-refractivity contribution in [1.82, 2.24) is 20.2 Å². The van der Waals surface area contributed by atoms with Crippen LogP contribution in [0.25, 0.3) is 0 Å². The maximum Gasteiger partial charge on any atom is 0.328 e. The number of aromatic nitrogens is 2. The molecule has 0 radical (unpaired) electrons. The smallest absolute Gasteiger partial charge is 0.328 e. The van der Waals surface area contributed by atoms with Crippen molar-refractivity contribution in [3.8, 4) is 0 Å². The third kappa shape index (κ3) is 5.93. The van der Waals surface area contributed by atoms with Crippen LogP contribution in [0.5, 0.6) is 0 Å². The minimum absolute atomic E-state index is 0.202. The lowest BCUT2D eigenvalue weighted by Crippen LogP contribution is -2.44. The largest absolute Gasteiger partial charge is 0.383 e. The molecule has 25 heavy (non-hydrogen) atoms. The Balaban J connectivity index is 2.10. The van der Waals surface area contributed by atoms with Gasteiger partial charge in [0, 0.05) is 43.4 Å². The summed E-state index contributed by atoms with van der Waals surface area (Å²) in [7, 11) is 1.65. The number of H-pyrrole nitrogens is 1. The zero-order valence-corrected chi connectivity index (χ0v) is 15.8. The van der Waals surface area contributed by atoms with E-state index in [0.29, 0.717) is 42.5 Å². The zero-order chi connectivity index (χ0) is 18.2. The summed E-state index contributed by atoms with van der Waals surface area (Å²) in [5.74, 6) is 1.69. The summed E-state index contributed by atoms with van der Waals surface area (Å²) >= 11 is 1.94. The minimum Gasteiger partial charge on any atom is -0.383 e. The van der Waals surface area contributed by atoms with Crippen LogP contribution in [0.3, 0.4) is 0 Å². The highest BCUT2D eigenvalue weighted by atomic mass is 32.2. The number of methoxy groups -OCH3 is 1. The number of guanidine groups is 1. The van der Waals surface area contributed by atoms with Crippen molar-refractivity contribution < 1.29 is 4.74 Å². The molecule has 9 heteroatoms. The first kappa shape index (κ1) is 19.6. The Kier molecular flexibility index (Phi) is 7.57. The van der Waals surface area contributed by atoms with Gasteiger partial charge in [-0.15, -0.1) is 0 Å². The minimum atomic E-state index is -0.395. The molecule has 0 aromatic carbocycles. The Labute approximate surface area is 151 Å². The average Bonchev–Trinajstić information content (AvgIpc) is 2.99. The fourth-order valence-electron chi connectivity index (χ4n) is 2.60. The lowest BCUT2D eigenvalue weighted by atomic mass is 10.2. The molecule has 3 N–H and O–H groups in total. The topological polar surface area (TPSA) is 101 Å². The number of hydrogen-bond acceptors (Lipinski definition) is 5. The van der Waals surface area contributed by atoms with E-state index in [1.807, 2.05) is 18.7 Å². The number of aromatic amines is 1. The van der Waals surface area contributed by atoms with Crippen LogP contribution in [-0.2, 0) is 17.8 Å². The number of aliphatic imine (C=N–C) groups is 1. The molecular formula is C16H27N5O3S. The molecule has 1 aromatic heterocycles. The van der Waals surface area contributed by atoms with Gasteiger partial charge in [0.15, 0.2) is 5.96 Å². The van der Waals surface area contributed by atoms with Gasteiger partial charge in [0.1, 0.15) is 0 Å². The van der Waals surface area contributed by atoms with Gasteiger partial charge in [-0.05, 0) is 13.3 Å². The highest BCUT2D eigenvalue weighted by Gasteiger charge is 2.22. The van der Waals surface area contributed by atoms with E-state index in [4.69, 9.17) is 4.74 Å². The molecule has 2 heterocycles. The summed E-state index contributed by atoms with van der Waals surface area (Å²) in [6, 6.07) is 0.358. The van der Waals surface area contributed by atoms with Gasteiger partial charge < -0.3 is 19.9 Å². The number of nitrogens with one attached hydrogen (secondary N) is 3. The molecule has 2 atom stereocenters. The molecule has 1 aliphatic heterocycles. The third-order valence-corrected chi connectivity index (χ3v) is 5.33. The van der Waals surface area contributed by atoms with Gasteiger partial charge in [-0.2, -0.15) is 11.8 Å². The quantitative estimate of drug-likeness (QED) is 0.359. The fraction of sp³-hybridized carbons (Fsp3) is 0.688. The molecule has 1 saturated heterocycles. The predicted molar refractivity (Wildman–Crippen MR) is 101 cm³/mol. The van der Waals surface area contributed by atoms with Crippen molar-refractivity contribution in [2.75, 3.05) is 26.0 Å². The lowest BCUT2D eigenvalue weighted by molar-refractivity contribution is 0.203. The van der Waals surface area contributed by atoms with Gasteiger partial charge >= 0.3 is 5.69 Å². The molecule has 140 valence electrons. The molecule has 8 nitrogen and oxygen atoms in total. The van der Waals surface area contributed by atoms with Crippen LogP contribution in [-0.4, -0.2) is 52.8 Å². The summed E-state index contributed by atoms with van der Waals surface area (Å²) in [6.07, 6.45) is 2.65. The highest BCUT2D eigenvalue weighted by molar-refractivity contribution is 8.00. The maximum absolute atomic E-state index is 12.0. The van der Waals surface area contributed by atoms with Crippen LogP contribution in [0.4, 0.5) is 0 Å². The van der Waals surface area contributed by atoms with Gasteiger partial charge in [0.2, 0.25) is 0 Å². The van der Waals surface area contributed by atoms with Gasteiger partial charge in [-0.3, -0.25) is 9.78 Å². The van der Waals surface area contributed by atoms with Crippen molar-refractivity contribution in [2.24, 2.45) is 4.99 Å². The zero-order valence-electron chi connectivity index (χ0n) is 15.0. The summed E-state index contributed by atoms with van der Waals surface area (Å²) < 4.78 is 6.53. The predicted octanol–water partition coefficient (Wildman–Crippen LogP) is 0.132. The molecular weight excluding hydrogens is 342 g/mol. The normalized spacial score (nSPS) is 20.7. The molecule has 0 saturated carbocycles. The van der Waals surface area contributed by atoms with Crippen LogP contribution in [0.15, 0.2) is 20.8 Å². The van der Waals surface area contributed by atoms with Crippen LogP contribution >= 0.6 is 11.8 Å². The van der Waals surface area contributed by atoms with E-state index in [9.17, 15) is 9.59 Å². The fourth-order valence-corrected chi connectivity index (χ4v) is 3.75. The van der Waals surface area contributed by atoms with Gasteiger partial charge in [0.05, 0.1) is 18.7 Å². The van der Waals surface area contributed by atoms with E-state index in [2.05, 4.69) is 27.5 Å². The van der Waals surface area contributed by atoms with Crippen LogP contribution in [0.2, 0.25) is 0 Å².